The molecule has 0 aliphatic rings. The van der Waals surface area contributed by atoms with Crippen molar-refractivity contribution in [3.8, 4) is 5.69 Å². The molecule has 6 rings (SSSR count). The van der Waals surface area contributed by atoms with Gasteiger partial charge in [0.05, 0.1) is 22.1 Å². The maximum Gasteiger partial charge on any atom is 0.0641 e. The molecular weight excluding hydrogens is 424 g/mol. The fourth-order valence-corrected chi connectivity index (χ4v) is 5.10. The second kappa shape index (κ2) is 9.52. The zero-order valence-corrected chi connectivity index (χ0v) is 20.6. The van der Waals surface area contributed by atoms with Crippen molar-refractivity contribution in [1.82, 2.24) is 9.13 Å². The van der Waals surface area contributed by atoms with Crippen molar-refractivity contribution in [2.45, 2.75) is 20.8 Å². The molecule has 2 aromatic heterocycles. The van der Waals surface area contributed by atoms with Gasteiger partial charge in [0.1, 0.15) is 0 Å². The minimum atomic E-state index is 1.13. The lowest BCUT2D eigenvalue weighted by atomic mass is 10.1. The monoisotopic (exact) mass is 454 g/mol. The van der Waals surface area contributed by atoms with Gasteiger partial charge in [-0.15, -0.1) is 0 Å². The fourth-order valence-electron chi connectivity index (χ4n) is 5.10. The first-order valence-corrected chi connectivity index (χ1v) is 12.3. The maximum atomic E-state index is 3.87. The van der Waals surface area contributed by atoms with Crippen molar-refractivity contribution in [2.24, 2.45) is 0 Å². The smallest absolute Gasteiger partial charge is 0.0641 e. The van der Waals surface area contributed by atoms with Crippen molar-refractivity contribution in [3.05, 3.63) is 122 Å². The number of nitrogens with zero attached hydrogens (tertiary/aromatic N) is 2. The van der Waals surface area contributed by atoms with Gasteiger partial charge in [0, 0.05) is 32.9 Å². The Labute approximate surface area is 206 Å². The molecule has 0 saturated carbocycles. The van der Waals surface area contributed by atoms with Crippen LogP contribution in [0.2, 0.25) is 0 Å². The van der Waals surface area contributed by atoms with Crippen LogP contribution in [0, 0.1) is 0 Å². The van der Waals surface area contributed by atoms with E-state index in [9.17, 15) is 0 Å². The Morgan fingerprint density at radius 1 is 0.686 bits per heavy atom. The predicted molar refractivity (Wildman–Crippen MR) is 154 cm³/mol. The summed E-state index contributed by atoms with van der Waals surface area (Å²) in [5.74, 6) is 0. The largest absolute Gasteiger partial charge is 0.309 e. The van der Waals surface area contributed by atoms with E-state index in [4.69, 9.17) is 0 Å². The Bertz CT molecular complexity index is 1720. The minimum absolute atomic E-state index is 1.13. The molecule has 2 nitrogen and oxygen atoms in total. The number of aromatic nitrogens is 2. The third kappa shape index (κ3) is 3.50. The summed E-state index contributed by atoms with van der Waals surface area (Å²) in [6, 6.07) is 32.6. The second-order valence-electron chi connectivity index (χ2n) is 8.20. The van der Waals surface area contributed by atoms with Crippen LogP contribution < -0.4 is 0 Å². The van der Waals surface area contributed by atoms with Crippen LogP contribution in [-0.2, 0) is 0 Å². The van der Waals surface area contributed by atoms with Crippen LogP contribution in [0.1, 0.15) is 20.8 Å². The summed E-state index contributed by atoms with van der Waals surface area (Å²) in [5, 5.41) is 5.06. The van der Waals surface area contributed by atoms with Crippen molar-refractivity contribution >= 4 is 49.3 Å². The molecule has 0 unspecified atom stereocenters. The van der Waals surface area contributed by atoms with Crippen LogP contribution in [0.3, 0.4) is 0 Å². The highest BCUT2D eigenvalue weighted by Gasteiger charge is 2.20. The first-order chi connectivity index (χ1) is 17.3. The number of allylic oxidation sites excluding steroid dienone is 5. The van der Waals surface area contributed by atoms with Gasteiger partial charge in [0.2, 0.25) is 0 Å². The Balaban J connectivity index is 0.00000124. The molecule has 4 aromatic carbocycles. The quantitative estimate of drug-likeness (QED) is 0.235. The van der Waals surface area contributed by atoms with E-state index in [1.165, 1.54) is 49.3 Å². The van der Waals surface area contributed by atoms with Crippen LogP contribution in [-0.4, -0.2) is 9.13 Å². The van der Waals surface area contributed by atoms with Gasteiger partial charge < -0.3 is 9.13 Å². The van der Waals surface area contributed by atoms with Gasteiger partial charge in [-0.1, -0.05) is 99.3 Å². The number of benzene rings is 4. The summed E-state index contributed by atoms with van der Waals surface area (Å²) in [5.41, 5.74) is 7.17. The Morgan fingerprint density at radius 2 is 1.34 bits per heavy atom. The highest BCUT2D eigenvalue weighted by molar-refractivity contribution is 6.26. The third-order valence-electron chi connectivity index (χ3n) is 6.44. The van der Waals surface area contributed by atoms with E-state index in [0.717, 1.165) is 5.70 Å². The number of fused-ring (bicyclic) bond motifs is 7. The molecule has 35 heavy (non-hydrogen) atoms. The van der Waals surface area contributed by atoms with Crippen LogP contribution in [0.4, 0.5) is 0 Å². The zero-order chi connectivity index (χ0) is 24.4. The summed E-state index contributed by atoms with van der Waals surface area (Å²) >= 11 is 0. The molecule has 6 aromatic rings. The first kappa shape index (κ1) is 22.5. The van der Waals surface area contributed by atoms with E-state index in [1.807, 2.05) is 26.0 Å². The van der Waals surface area contributed by atoms with Gasteiger partial charge in [0.25, 0.3) is 0 Å². The maximum absolute atomic E-state index is 3.87. The molecule has 0 aliphatic carbocycles. The molecule has 0 spiro atoms. The molecule has 2 heteroatoms. The van der Waals surface area contributed by atoms with Crippen LogP contribution in [0.25, 0.3) is 55.0 Å². The molecule has 0 N–H and O–H groups in total. The van der Waals surface area contributed by atoms with E-state index in [1.54, 1.807) is 0 Å². The van der Waals surface area contributed by atoms with Gasteiger partial charge in [-0.05, 0) is 43.3 Å². The first-order valence-electron chi connectivity index (χ1n) is 12.3. The predicted octanol–water partition coefficient (Wildman–Crippen LogP) is 9.52. The van der Waals surface area contributed by atoms with Gasteiger partial charge >= 0.3 is 0 Å². The van der Waals surface area contributed by atoms with E-state index in [0.29, 0.717) is 0 Å². The average molecular weight is 455 g/mol. The molecule has 0 aliphatic heterocycles. The molecule has 0 radical (unpaired) electrons. The van der Waals surface area contributed by atoms with Crippen LogP contribution in [0.15, 0.2) is 122 Å². The summed E-state index contributed by atoms with van der Waals surface area (Å²) in [7, 11) is 0. The minimum Gasteiger partial charge on any atom is -0.309 e. The molecule has 172 valence electrons. The van der Waals surface area contributed by atoms with Crippen LogP contribution in [0.5, 0.6) is 0 Å². The molecule has 0 saturated heterocycles. The lowest BCUT2D eigenvalue weighted by Crippen LogP contribution is -1.95. The van der Waals surface area contributed by atoms with Crippen molar-refractivity contribution < 1.29 is 0 Å². The number of para-hydroxylation sites is 3. The van der Waals surface area contributed by atoms with E-state index >= 15 is 0 Å². The standard InChI is InChI=1S/C31H24N2.C2H6/c1-3-5-13-22(4-2)33-27-18-11-9-16-24(27)25-20-21-29-30(31(25)33)26-17-10-12-19-28(26)32(29)23-14-7-6-8-15-23;1-2/h3-21H,1H2,2H3;1-2H3/b13-5-,22-4+;. The average Bonchev–Trinajstić information content (AvgIpc) is 3.44. The SMILES string of the molecule is C=C/C=C\C(=C/C)n1c2ccccc2c2ccc3c(c4ccccc4n3-c3ccccc3)c21.CC. The van der Waals surface area contributed by atoms with Crippen LogP contribution >= 0.6 is 0 Å². The third-order valence-corrected chi connectivity index (χ3v) is 6.44. The van der Waals surface area contributed by atoms with Gasteiger partial charge in [-0.25, -0.2) is 0 Å². The number of hydrogen-bond acceptors (Lipinski definition) is 0. The number of hydrogen-bond donors (Lipinski definition) is 0. The fraction of sp³-hybridized carbons (Fsp3) is 0.0909. The normalized spacial score (nSPS) is 12.0. The van der Waals surface area contributed by atoms with E-state index < -0.39 is 0 Å². The summed E-state index contributed by atoms with van der Waals surface area (Å²) in [6.45, 7) is 9.97. The second-order valence-corrected chi connectivity index (χ2v) is 8.20. The van der Waals surface area contributed by atoms with Crippen molar-refractivity contribution in [1.29, 1.82) is 0 Å². The summed E-state index contributed by atoms with van der Waals surface area (Å²) < 4.78 is 4.77. The molecular formula is C33H30N2. The Kier molecular flexibility index (Phi) is 6.12. The zero-order valence-electron chi connectivity index (χ0n) is 20.6. The van der Waals surface area contributed by atoms with E-state index in [-0.39, 0.29) is 0 Å². The Hall–Kier alpha value is -4.30. The summed E-state index contributed by atoms with van der Waals surface area (Å²) in [4.78, 5) is 0. The van der Waals surface area contributed by atoms with Gasteiger partial charge in [-0.2, -0.15) is 0 Å². The lowest BCUT2D eigenvalue weighted by molar-refractivity contribution is 1.18. The van der Waals surface area contributed by atoms with Crippen molar-refractivity contribution in [2.75, 3.05) is 0 Å². The lowest BCUT2D eigenvalue weighted by Gasteiger charge is -2.10. The molecule has 2 heterocycles. The highest BCUT2D eigenvalue weighted by Crippen LogP contribution is 2.41. The number of rotatable bonds is 4. The van der Waals surface area contributed by atoms with E-state index in [2.05, 4.69) is 126 Å². The summed E-state index contributed by atoms with van der Waals surface area (Å²) in [6.07, 6.45) is 8.13. The molecule has 0 amide bonds. The highest BCUT2D eigenvalue weighted by atomic mass is 15.0. The Morgan fingerprint density at radius 3 is 2.06 bits per heavy atom. The molecule has 0 bridgehead atoms. The van der Waals surface area contributed by atoms with Gasteiger partial charge in [0.15, 0.2) is 0 Å². The molecule has 0 atom stereocenters. The topological polar surface area (TPSA) is 9.86 Å². The van der Waals surface area contributed by atoms with Gasteiger partial charge in [-0.3, -0.25) is 0 Å². The molecule has 0 fully saturated rings. The van der Waals surface area contributed by atoms with Crippen molar-refractivity contribution in [3.63, 3.8) is 0 Å².